The van der Waals surface area contributed by atoms with Crippen molar-refractivity contribution in [2.24, 2.45) is 0 Å². The number of ether oxygens (including phenoxy) is 1. The molecule has 0 aromatic heterocycles. The second-order valence-corrected chi connectivity index (χ2v) is 5.29. The summed E-state index contributed by atoms with van der Waals surface area (Å²) >= 11 is 3.44. The Balaban J connectivity index is 2.10. The number of rotatable bonds is 9. The van der Waals surface area contributed by atoms with Gasteiger partial charge in [0.25, 0.3) is 0 Å². The zero-order valence-corrected chi connectivity index (χ0v) is 12.4. The first-order valence-electron chi connectivity index (χ1n) is 6.39. The Morgan fingerprint density at radius 3 is 2.67 bits per heavy atom. The van der Waals surface area contributed by atoms with Crippen LogP contribution in [0.15, 0.2) is 28.7 Å². The van der Waals surface area contributed by atoms with E-state index in [1.165, 1.54) is 5.56 Å². The Morgan fingerprint density at radius 1 is 1.28 bits per heavy atom. The molecule has 0 radical (unpaired) electrons. The van der Waals surface area contributed by atoms with Gasteiger partial charge < -0.3 is 15.2 Å². The van der Waals surface area contributed by atoms with E-state index in [1.807, 2.05) is 0 Å². The molecule has 0 aliphatic carbocycles. The van der Waals surface area contributed by atoms with Crippen molar-refractivity contribution in [3.63, 3.8) is 0 Å². The molecule has 0 amide bonds. The van der Waals surface area contributed by atoms with Crippen LogP contribution in [0.25, 0.3) is 0 Å². The highest BCUT2D eigenvalue weighted by Gasteiger charge is 2.02. The Labute approximate surface area is 118 Å². The van der Waals surface area contributed by atoms with Crippen LogP contribution < -0.4 is 5.32 Å². The van der Waals surface area contributed by atoms with Gasteiger partial charge in [-0.15, -0.1) is 0 Å². The molecule has 3 nitrogen and oxygen atoms in total. The largest absolute Gasteiger partial charge is 0.394 e. The summed E-state index contributed by atoms with van der Waals surface area (Å²) in [5, 5.41) is 12.0. The van der Waals surface area contributed by atoms with E-state index in [1.54, 1.807) is 0 Å². The molecule has 0 heterocycles. The van der Waals surface area contributed by atoms with Gasteiger partial charge in [-0.2, -0.15) is 0 Å². The minimum atomic E-state index is 0.105. The first-order valence-corrected chi connectivity index (χ1v) is 7.18. The van der Waals surface area contributed by atoms with Crippen molar-refractivity contribution in [2.75, 3.05) is 26.4 Å². The van der Waals surface area contributed by atoms with Crippen LogP contribution in [0.3, 0.4) is 0 Å². The fourth-order valence-corrected chi connectivity index (χ4v) is 2.00. The topological polar surface area (TPSA) is 41.5 Å². The summed E-state index contributed by atoms with van der Waals surface area (Å²) in [6.07, 6.45) is 2.01. The van der Waals surface area contributed by atoms with Crippen LogP contribution in [-0.4, -0.2) is 37.5 Å². The van der Waals surface area contributed by atoms with Gasteiger partial charge in [-0.1, -0.05) is 28.1 Å². The van der Waals surface area contributed by atoms with Crippen molar-refractivity contribution in [1.29, 1.82) is 0 Å². The highest BCUT2D eigenvalue weighted by atomic mass is 79.9. The molecule has 102 valence electrons. The summed E-state index contributed by atoms with van der Waals surface area (Å²) in [5.41, 5.74) is 1.34. The van der Waals surface area contributed by atoms with Gasteiger partial charge in [0.05, 0.1) is 13.2 Å². The van der Waals surface area contributed by atoms with E-state index in [0.29, 0.717) is 19.3 Å². The maximum Gasteiger partial charge on any atom is 0.0697 e. The first kappa shape index (κ1) is 15.6. The maximum absolute atomic E-state index is 8.55. The van der Waals surface area contributed by atoms with Crippen molar-refractivity contribution in [3.05, 3.63) is 34.3 Å². The third-order valence-electron chi connectivity index (χ3n) is 2.65. The van der Waals surface area contributed by atoms with Gasteiger partial charge in [0.15, 0.2) is 0 Å². The fourth-order valence-electron chi connectivity index (χ4n) is 1.74. The molecule has 1 aromatic rings. The average Bonchev–Trinajstić information content (AvgIpc) is 2.36. The predicted octanol–water partition coefficient (Wildman–Crippen LogP) is 2.37. The molecular weight excluding hydrogens is 294 g/mol. The van der Waals surface area contributed by atoms with Gasteiger partial charge in [0.1, 0.15) is 0 Å². The second-order valence-electron chi connectivity index (χ2n) is 4.38. The number of benzene rings is 1. The van der Waals surface area contributed by atoms with E-state index < -0.39 is 0 Å². The molecule has 0 saturated carbocycles. The van der Waals surface area contributed by atoms with Crippen LogP contribution in [0.2, 0.25) is 0 Å². The number of halogens is 1. The molecule has 1 aromatic carbocycles. The SMILES string of the molecule is CC(Cc1ccc(Br)cc1)NCCCOCCO. The third-order valence-corrected chi connectivity index (χ3v) is 3.18. The highest BCUT2D eigenvalue weighted by Crippen LogP contribution is 2.11. The van der Waals surface area contributed by atoms with Gasteiger partial charge in [0.2, 0.25) is 0 Å². The number of hydrogen-bond acceptors (Lipinski definition) is 3. The molecule has 18 heavy (non-hydrogen) atoms. The van der Waals surface area contributed by atoms with E-state index in [4.69, 9.17) is 9.84 Å². The fraction of sp³-hybridized carbons (Fsp3) is 0.571. The normalized spacial score (nSPS) is 12.6. The molecule has 0 spiro atoms. The Morgan fingerprint density at radius 2 is 2.00 bits per heavy atom. The Kier molecular flexibility index (Phi) is 8.25. The van der Waals surface area contributed by atoms with Crippen molar-refractivity contribution in [3.8, 4) is 0 Å². The van der Waals surface area contributed by atoms with Crippen molar-refractivity contribution in [1.82, 2.24) is 5.32 Å². The molecule has 1 atom stereocenters. The molecule has 0 saturated heterocycles. The lowest BCUT2D eigenvalue weighted by atomic mass is 10.1. The average molecular weight is 316 g/mol. The third kappa shape index (κ3) is 7.11. The van der Waals surface area contributed by atoms with Crippen LogP contribution in [0.1, 0.15) is 18.9 Å². The number of aliphatic hydroxyl groups is 1. The minimum Gasteiger partial charge on any atom is -0.394 e. The minimum absolute atomic E-state index is 0.105. The van der Waals surface area contributed by atoms with E-state index in [0.717, 1.165) is 23.9 Å². The number of hydrogen-bond donors (Lipinski definition) is 2. The monoisotopic (exact) mass is 315 g/mol. The standard InChI is InChI=1S/C14H22BrNO2/c1-12(16-7-2-9-18-10-8-17)11-13-3-5-14(15)6-4-13/h3-6,12,16-17H,2,7-11H2,1H3. The molecule has 0 aliphatic rings. The summed E-state index contributed by atoms with van der Waals surface area (Å²) in [7, 11) is 0. The molecule has 1 rings (SSSR count). The first-order chi connectivity index (χ1) is 8.72. The Hall–Kier alpha value is -0.420. The Bertz CT molecular complexity index is 316. The molecule has 0 bridgehead atoms. The molecule has 0 fully saturated rings. The molecule has 1 unspecified atom stereocenters. The van der Waals surface area contributed by atoms with Gasteiger partial charge in [0, 0.05) is 17.1 Å². The van der Waals surface area contributed by atoms with Crippen molar-refractivity contribution < 1.29 is 9.84 Å². The van der Waals surface area contributed by atoms with Crippen LogP contribution in [0.4, 0.5) is 0 Å². The smallest absolute Gasteiger partial charge is 0.0697 e. The van der Waals surface area contributed by atoms with Crippen LogP contribution in [-0.2, 0) is 11.2 Å². The summed E-state index contributed by atoms with van der Waals surface area (Å²) < 4.78 is 6.32. The lowest BCUT2D eigenvalue weighted by molar-refractivity contribution is 0.0904. The van der Waals surface area contributed by atoms with Crippen LogP contribution >= 0.6 is 15.9 Å². The molecule has 4 heteroatoms. The van der Waals surface area contributed by atoms with Crippen molar-refractivity contribution in [2.45, 2.75) is 25.8 Å². The van der Waals surface area contributed by atoms with Crippen molar-refractivity contribution >= 4 is 15.9 Å². The number of aliphatic hydroxyl groups excluding tert-OH is 1. The second kappa shape index (κ2) is 9.50. The van der Waals surface area contributed by atoms with Gasteiger partial charge >= 0.3 is 0 Å². The maximum atomic E-state index is 8.55. The zero-order chi connectivity index (χ0) is 13.2. The van der Waals surface area contributed by atoms with Gasteiger partial charge in [-0.25, -0.2) is 0 Å². The van der Waals surface area contributed by atoms with E-state index >= 15 is 0 Å². The van der Waals surface area contributed by atoms with E-state index in [2.05, 4.69) is 52.4 Å². The molecule has 2 N–H and O–H groups in total. The zero-order valence-electron chi connectivity index (χ0n) is 10.9. The lowest BCUT2D eigenvalue weighted by Crippen LogP contribution is -2.29. The summed E-state index contributed by atoms with van der Waals surface area (Å²) in [4.78, 5) is 0. The van der Waals surface area contributed by atoms with Crippen LogP contribution in [0, 0.1) is 0 Å². The van der Waals surface area contributed by atoms with Gasteiger partial charge in [-0.3, -0.25) is 0 Å². The number of nitrogens with one attached hydrogen (secondary N) is 1. The van der Waals surface area contributed by atoms with Crippen LogP contribution in [0.5, 0.6) is 0 Å². The summed E-state index contributed by atoms with van der Waals surface area (Å²) in [6.45, 7) is 4.39. The van der Waals surface area contributed by atoms with Gasteiger partial charge in [-0.05, 0) is 44.0 Å². The summed E-state index contributed by atoms with van der Waals surface area (Å²) in [6, 6.07) is 8.90. The highest BCUT2D eigenvalue weighted by molar-refractivity contribution is 9.10. The molecule has 0 aliphatic heterocycles. The van der Waals surface area contributed by atoms with E-state index in [-0.39, 0.29) is 6.61 Å². The molecular formula is C14H22BrNO2. The summed E-state index contributed by atoms with van der Waals surface area (Å²) in [5.74, 6) is 0. The van der Waals surface area contributed by atoms with E-state index in [9.17, 15) is 0 Å². The lowest BCUT2D eigenvalue weighted by Gasteiger charge is -2.14. The quantitative estimate of drug-likeness (QED) is 0.687. The predicted molar refractivity (Wildman–Crippen MR) is 77.8 cm³/mol.